The summed E-state index contributed by atoms with van der Waals surface area (Å²) in [4.78, 5) is 14.5. The van der Waals surface area contributed by atoms with Crippen molar-refractivity contribution in [1.29, 1.82) is 0 Å². The summed E-state index contributed by atoms with van der Waals surface area (Å²) < 4.78 is 13.0. The van der Waals surface area contributed by atoms with Gasteiger partial charge in [0.15, 0.2) is 11.5 Å². The van der Waals surface area contributed by atoms with E-state index in [9.17, 15) is 4.79 Å². The molecule has 0 radical (unpaired) electrons. The van der Waals surface area contributed by atoms with E-state index in [1.807, 2.05) is 42.9 Å². The minimum absolute atomic E-state index is 0.0283. The molecule has 29 heavy (non-hydrogen) atoms. The van der Waals surface area contributed by atoms with Crippen LogP contribution in [-0.4, -0.2) is 40.8 Å². The summed E-state index contributed by atoms with van der Waals surface area (Å²) >= 11 is 0. The molecular formula is C23H27N3O3. The molecule has 3 rings (SSSR count). The number of carbonyl (C=O) groups is 1. The van der Waals surface area contributed by atoms with E-state index in [0.717, 1.165) is 5.56 Å². The molecule has 0 unspecified atom stereocenters. The van der Waals surface area contributed by atoms with Crippen molar-refractivity contribution in [3.63, 3.8) is 0 Å². The minimum atomic E-state index is -0.0878. The van der Waals surface area contributed by atoms with E-state index >= 15 is 0 Å². The lowest BCUT2D eigenvalue weighted by Crippen LogP contribution is -2.26. The van der Waals surface area contributed by atoms with E-state index in [0.29, 0.717) is 30.2 Å². The normalized spacial score (nSPS) is 10.8. The van der Waals surface area contributed by atoms with E-state index in [4.69, 9.17) is 9.47 Å². The highest BCUT2D eigenvalue weighted by atomic mass is 16.5. The highest BCUT2D eigenvalue weighted by Crippen LogP contribution is 2.29. The van der Waals surface area contributed by atoms with Crippen molar-refractivity contribution >= 4 is 5.91 Å². The molecule has 2 aromatic carbocycles. The van der Waals surface area contributed by atoms with Crippen LogP contribution in [0.4, 0.5) is 0 Å². The van der Waals surface area contributed by atoms with Gasteiger partial charge in [-0.15, -0.1) is 0 Å². The van der Waals surface area contributed by atoms with Crippen molar-refractivity contribution in [3.8, 4) is 11.5 Å². The molecule has 0 bridgehead atoms. The number of ether oxygens (including phenoxy) is 2. The molecule has 0 aliphatic rings. The van der Waals surface area contributed by atoms with E-state index in [1.165, 1.54) is 5.56 Å². The third-order valence-corrected chi connectivity index (χ3v) is 4.41. The van der Waals surface area contributed by atoms with Crippen molar-refractivity contribution in [3.05, 3.63) is 77.6 Å². The van der Waals surface area contributed by atoms with Gasteiger partial charge in [0, 0.05) is 30.9 Å². The Bertz CT molecular complexity index is 951. The van der Waals surface area contributed by atoms with Crippen LogP contribution in [-0.2, 0) is 13.1 Å². The summed E-state index contributed by atoms with van der Waals surface area (Å²) in [6, 6.07) is 15.4. The minimum Gasteiger partial charge on any atom is -0.493 e. The predicted molar refractivity (Wildman–Crippen MR) is 112 cm³/mol. The van der Waals surface area contributed by atoms with Gasteiger partial charge in [-0.1, -0.05) is 30.3 Å². The van der Waals surface area contributed by atoms with Crippen molar-refractivity contribution in [2.45, 2.75) is 33.0 Å². The molecular weight excluding hydrogens is 366 g/mol. The van der Waals surface area contributed by atoms with Gasteiger partial charge in [0.25, 0.3) is 5.91 Å². The first-order chi connectivity index (χ1) is 14.0. The average Bonchev–Trinajstić information content (AvgIpc) is 3.14. The molecule has 1 aromatic heterocycles. The molecule has 1 amide bonds. The van der Waals surface area contributed by atoms with Crippen LogP contribution in [0.2, 0.25) is 0 Å². The number of hydrogen-bond acceptors (Lipinski definition) is 4. The van der Waals surface area contributed by atoms with Crippen LogP contribution in [0.15, 0.2) is 60.9 Å². The van der Waals surface area contributed by atoms with Gasteiger partial charge in [-0.05, 0) is 37.6 Å². The zero-order valence-corrected chi connectivity index (χ0v) is 17.3. The van der Waals surface area contributed by atoms with Crippen molar-refractivity contribution < 1.29 is 14.3 Å². The SMILES string of the molecule is COc1cc(C(=O)N(C)Cc2cnn(Cc3ccccc3)c2)ccc1OC(C)C. The maximum atomic E-state index is 12.9. The van der Waals surface area contributed by atoms with Crippen LogP contribution in [0.5, 0.6) is 11.5 Å². The van der Waals surface area contributed by atoms with Crippen LogP contribution in [0.1, 0.15) is 35.3 Å². The monoisotopic (exact) mass is 393 g/mol. The maximum absolute atomic E-state index is 12.9. The summed E-state index contributed by atoms with van der Waals surface area (Å²) in [5.41, 5.74) is 2.71. The molecule has 3 aromatic rings. The summed E-state index contributed by atoms with van der Waals surface area (Å²) in [6.07, 6.45) is 3.80. The maximum Gasteiger partial charge on any atom is 0.254 e. The largest absolute Gasteiger partial charge is 0.493 e. The second-order valence-electron chi connectivity index (χ2n) is 7.23. The average molecular weight is 393 g/mol. The molecule has 0 saturated carbocycles. The Kier molecular flexibility index (Phi) is 6.54. The molecule has 6 nitrogen and oxygen atoms in total. The van der Waals surface area contributed by atoms with E-state index in [-0.39, 0.29) is 12.0 Å². The third kappa shape index (κ3) is 5.38. The van der Waals surface area contributed by atoms with Gasteiger partial charge in [-0.25, -0.2) is 0 Å². The Morgan fingerprint density at radius 3 is 2.55 bits per heavy atom. The van der Waals surface area contributed by atoms with Gasteiger partial charge in [0.1, 0.15) is 0 Å². The van der Waals surface area contributed by atoms with Gasteiger partial charge in [-0.2, -0.15) is 5.10 Å². The van der Waals surface area contributed by atoms with Gasteiger partial charge in [0.05, 0.1) is 26.0 Å². The summed E-state index contributed by atoms with van der Waals surface area (Å²) in [6.45, 7) is 5.07. The van der Waals surface area contributed by atoms with Crippen LogP contribution in [0.25, 0.3) is 0 Å². The number of amides is 1. The number of carbonyl (C=O) groups excluding carboxylic acids is 1. The fourth-order valence-corrected chi connectivity index (χ4v) is 3.06. The van der Waals surface area contributed by atoms with Crippen LogP contribution in [0.3, 0.4) is 0 Å². The van der Waals surface area contributed by atoms with Gasteiger partial charge >= 0.3 is 0 Å². The Labute approximate surface area is 171 Å². The zero-order valence-electron chi connectivity index (χ0n) is 17.3. The molecule has 152 valence electrons. The molecule has 0 fully saturated rings. The summed E-state index contributed by atoms with van der Waals surface area (Å²) in [7, 11) is 3.35. The second-order valence-corrected chi connectivity index (χ2v) is 7.23. The fourth-order valence-electron chi connectivity index (χ4n) is 3.06. The van der Waals surface area contributed by atoms with E-state index < -0.39 is 0 Å². The Morgan fingerprint density at radius 1 is 1.10 bits per heavy atom. The first-order valence-electron chi connectivity index (χ1n) is 9.61. The lowest BCUT2D eigenvalue weighted by atomic mass is 10.1. The van der Waals surface area contributed by atoms with Crippen LogP contribution >= 0.6 is 0 Å². The second kappa shape index (κ2) is 9.28. The van der Waals surface area contributed by atoms with Crippen molar-refractivity contribution in [2.75, 3.05) is 14.2 Å². The number of aromatic nitrogens is 2. The van der Waals surface area contributed by atoms with Gasteiger partial charge < -0.3 is 14.4 Å². The lowest BCUT2D eigenvalue weighted by Gasteiger charge is -2.18. The first kappa shape index (κ1) is 20.5. The number of methoxy groups -OCH3 is 1. The summed E-state index contributed by atoms with van der Waals surface area (Å²) in [5, 5.41) is 4.41. The summed E-state index contributed by atoms with van der Waals surface area (Å²) in [5.74, 6) is 1.09. The molecule has 0 saturated heterocycles. The molecule has 1 heterocycles. The molecule has 0 aliphatic heterocycles. The molecule has 0 aliphatic carbocycles. The number of benzene rings is 2. The van der Waals surface area contributed by atoms with Crippen LogP contribution in [0, 0.1) is 0 Å². The third-order valence-electron chi connectivity index (χ3n) is 4.41. The number of hydrogen-bond donors (Lipinski definition) is 0. The molecule has 0 spiro atoms. The Hall–Kier alpha value is -3.28. The molecule has 6 heteroatoms. The smallest absolute Gasteiger partial charge is 0.254 e. The highest BCUT2D eigenvalue weighted by molar-refractivity contribution is 5.94. The highest BCUT2D eigenvalue weighted by Gasteiger charge is 2.16. The van der Waals surface area contributed by atoms with Gasteiger partial charge in [-0.3, -0.25) is 9.48 Å². The Balaban J connectivity index is 1.66. The van der Waals surface area contributed by atoms with Crippen molar-refractivity contribution in [2.24, 2.45) is 0 Å². The van der Waals surface area contributed by atoms with Gasteiger partial charge in [0.2, 0.25) is 0 Å². The quantitative estimate of drug-likeness (QED) is 0.580. The van der Waals surface area contributed by atoms with Crippen LogP contribution < -0.4 is 9.47 Å². The fraction of sp³-hybridized carbons (Fsp3) is 0.304. The molecule has 0 atom stereocenters. The standard InChI is InChI=1S/C23H27N3O3/c1-17(2)29-21-11-10-20(12-22(21)28-4)23(27)25(3)14-19-13-24-26(16-19)15-18-8-6-5-7-9-18/h5-13,16-17H,14-15H2,1-4H3. The zero-order chi connectivity index (χ0) is 20.8. The number of nitrogens with zero attached hydrogens (tertiary/aromatic N) is 3. The van der Waals surface area contributed by atoms with Crippen molar-refractivity contribution in [1.82, 2.24) is 14.7 Å². The Morgan fingerprint density at radius 2 is 1.86 bits per heavy atom. The topological polar surface area (TPSA) is 56.6 Å². The number of rotatable bonds is 8. The molecule has 0 N–H and O–H groups in total. The first-order valence-corrected chi connectivity index (χ1v) is 9.61. The predicted octanol–water partition coefficient (Wildman–Crippen LogP) is 4.00. The lowest BCUT2D eigenvalue weighted by molar-refractivity contribution is 0.0784. The van der Waals surface area contributed by atoms with E-state index in [2.05, 4.69) is 17.2 Å². The van der Waals surface area contributed by atoms with E-state index in [1.54, 1.807) is 43.5 Å².